The van der Waals surface area contributed by atoms with Crippen LogP contribution in [0.25, 0.3) is 28.0 Å². The van der Waals surface area contributed by atoms with Gasteiger partial charge in [0, 0.05) is 42.5 Å². The molecule has 0 aliphatic carbocycles. The lowest BCUT2D eigenvalue weighted by Crippen LogP contribution is -2.18. The Hall–Kier alpha value is -3.96. The van der Waals surface area contributed by atoms with Crippen LogP contribution in [-0.4, -0.2) is 48.3 Å². The van der Waals surface area contributed by atoms with Crippen molar-refractivity contribution in [2.24, 2.45) is 0 Å². The summed E-state index contributed by atoms with van der Waals surface area (Å²) < 4.78 is 38.3. The lowest BCUT2D eigenvalue weighted by molar-refractivity contribution is 0.378. The molecule has 6 rings (SSSR count). The summed E-state index contributed by atoms with van der Waals surface area (Å²) in [6, 6.07) is 17.0. The predicted molar refractivity (Wildman–Crippen MR) is 140 cm³/mol. The van der Waals surface area contributed by atoms with Gasteiger partial charge < -0.3 is 14.7 Å². The van der Waals surface area contributed by atoms with Crippen LogP contribution in [0, 0.1) is 0 Å². The van der Waals surface area contributed by atoms with E-state index in [9.17, 15) is 22.8 Å². The summed E-state index contributed by atoms with van der Waals surface area (Å²) >= 11 is 0. The Balaban J connectivity index is 1.51. The second-order valence-electron chi connectivity index (χ2n) is 8.93. The minimum Gasteiger partial charge on any atom is -0.344 e. The van der Waals surface area contributed by atoms with Crippen LogP contribution in [0.3, 0.4) is 0 Å². The van der Waals surface area contributed by atoms with Crippen molar-refractivity contribution in [1.29, 1.82) is 0 Å². The van der Waals surface area contributed by atoms with Crippen LogP contribution in [0.5, 0.6) is 0 Å². The SMILES string of the molecule is O=P(O)(O)CS(=O)(=O)c1cncc(-c2nc(N3Cc4cccnc4C3)c3c(-c4ccccc4)ccn3n2)c1. The Kier molecular flexibility index (Phi) is 5.84. The van der Waals surface area contributed by atoms with E-state index in [2.05, 4.69) is 20.0 Å². The first-order valence-electron chi connectivity index (χ1n) is 11.5. The van der Waals surface area contributed by atoms with E-state index in [1.54, 1.807) is 10.7 Å². The fraction of sp³-hybridized carbons (Fsp3) is 0.120. The van der Waals surface area contributed by atoms with Gasteiger partial charge in [0.05, 0.1) is 17.1 Å². The van der Waals surface area contributed by atoms with E-state index in [4.69, 9.17) is 4.98 Å². The number of rotatable bonds is 6. The van der Waals surface area contributed by atoms with Gasteiger partial charge in [0.25, 0.3) is 0 Å². The highest BCUT2D eigenvalue weighted by Crippen LogP contribution is 2.39. The van der Waals surface area contributed by atoms with E-state index in [0.29, 0.717) is 24.5 Å². The average Bonchev–Trinajstić information content (AvgIpc) is 3.52. The Morgan fingerprint density at radius 1 is 0.974 bits per heavy atom. The third-order valence-electron chi connectivity index (χ3n) is 6.23. The largest absolute Gasteiger partial charge is 0.344 e. The normalized spacial score (nSPS) is 13.7. The summed E-state index contributed by atoms with van der Waals surface area (Å²) in [4.78, 5) is 33.6. The molecule has 192 valence electrons. The topological polar surface area (TPSA) is 151 Å². The molecule has 1 aliphatic heterocycles. The van der Waals surface area contributed by atoms with Gasteiger partial charge in [-0.1, -0.05) is 36.4 Å². The van der Waals surface area contributed by atoms with Crippen molar-refractivity contribution >= 4 is 28.8 Å². The van der Waals surface area contributed by atoms with Crippen molar-refractivity contribution < 1.29 is 22.8 Å². The minimum atomic E-state index is -4.81. The Morgan fingerprint density at radius 2 is 1.79 bits per heavy atom. The molecule has 13 heteroatoms. The van der Waals surface area contributed by atoms with E-state index in [1.165, 1.54) is 12.3 Å². The van der Waals surface area contributed by atoms with E-state index in [-0.39, 0.29) is 10.7 Å². The van der Waals surface area contributed by atoms with Crippen molar-refractivity contribution in [1.82, 2.24) is 24.6 Å². The highest BCUT2D eigenvalue weighted by molar-refractivity contribution is 7.97. The molecule has 1 aromatic carbocycles. The van der Waals surface area contributed by atoms with Gasteiger partial charge in [-0.25, -0.2) is 17.9 Å². The molecule has 4 aromatic heterocycles. The molecular formula is C25H21N6O5PS. The Morgan fingerprint density at radius 3 is 2.55 bits per heavy atom. The number of fused-ring (bicyclic) bond motifs is 2. The van der Waals surface area contributed by atoms with Gasteiger partial charge >= 0.3 is 7.60 Å². The van der Waals surface area contributed by atoms with Gasteiger partial charge in [0.15, 0.2) is 27.0 Å². The second-order valence-corrected chi connectivity index (χ2v) is 13.0. The van der Waals surface area contributed by atoms with Crippen LogP contribution >= 0.6 is 7.60 Å². The molecule has 5 aromatic rings. The molecule has 0 spiro atoms. The molecule has 0 amide bonds. The zero-order valence-corrected chi connectivity index (χ0v) is 21.5. The molecule has 0 bridgehead atoms. The molecule has 2 N–H and O–H groups in total. The molecule has 0 atom stereocenters. The van der Waals surface area contributed by atoms with Crippen LogP contribution in [0.2, 0.25) is 0 Å². The molecular weight excluding hydrogens is 527 g/mol. The number of aromatic nitrogens is 5. The van der Waals surface area contributed by atoms with Crippen molar-refractivity contribution in [3.05, 3.63) is 90.6 Å². The molecule has 0 radical (unpaired) electrons. The third-order valence-corrected chi connectivity index (χ3v) is 9.88. The number of benzene rings is 1. The fourth-order valence-corrected chi connectivity index (χ4v) is 7.45. The second kappa shape index (κ2) is 9.10. The number of sulfone groups is 1. The van der Waals surface area contributed by atoms with Gasteiger partial charge in [0.1, 0.15) is 5.52 Å². The predicted octanol–water partition coefficient (Wildman–Crippen LogP) is 3.28. The summed E-state index contributed by atoms with van der Waals surface area (Å²) in [5.41, 5.74) is 3.74. The van der Waals surface area contributed by atoms with Crippen LogP contribution in [0.15, 0.2) is 84.3 Å². The summed E-state index contributed by atoms with van der Waals surface area (Å²) in [7, 11) is -9.11. The van der Waals surface area contributed by atoms with Gasteiger partial charge in [-0.05, 0) is 29.3 Å². The van der Waals surface area contributed by atoms with E-state index in [1.807, 2.05) is 54.7 Å². The summed E-state index contributed by atoms with van der Waals surface area (Å²) in [5, 5.41) is 4.65. The molecule has 1 aliphatic rings. The summed E-state index contributed by atoms with van der Waals surface area (Å²) in [6.07, 6.45) is 6.05. The van der Waals surface area contributed by atoms with E-state index in [0.717, 1.165) is 34.1 Å². The van der Waals surface area contributed by atoms with Crippen LogP contribution in [-0.2, 0) is 27.5 Å². The monoisotopic (exact) mass is 548 g/mol. The third kappa shape index (κ3) is 4.59. The first kappa shape index (κ1) is 24.4. The van der Waals surface area contributed by atoms with Crippen molar-refractivity contribution in [2.45, 2.75) is 18.0 Å². The van der Waals surface area contributed by atoms with Gasteiger partial charge in [-0.3, -0.25) is 14.5 Å². The lowest BCUT2D eigenvalue weighted by Gasteiger charge is -2.19. The Labute approximate surface area is 217 Å². The number of hydrogen-bond donors (Lipinski definition) is 2. The number of hydrogen-bond acceptors (Lipinski definition) is 8. The van der Waals surface area contributed by atoms with Crippen molar-refractivity contribution in [3.63, 3.8) is 0 Å². The Bertz CT molecular complexity index is 1810. The van der Waals surface area contributed by atoms with Crippen LogP contribution in [0.1, 0.15) is 11.3 Å². The first-order valence-corrected chi connectivity index (χ1v) is 15.0. The molecule has 11 nitrogen and oxygen atoms in total. The first-order chi connectivity index (χ1) is 18.2. The van der Waals surface area contributed by atoms with E-state index < -0.39 is 22.9 Å². The zero-order valence-electron chi connectivity index (χ0n) is 19.8. The standard InChI is InChI=1S/C25H21N6O5PS/c32-37(33,34)16-38(35,36)20-11-19(12-26-13-20)24-28-25(30-14-18-7-4-9-27-22(18)15-30)23-21(8-10-31(23)29-24)17-5-2-1-3-6-17/h1-13H,14-16H2,(H2,32,33,34). The quantitative estimate of drug-likeness (QED) is 0.303. The number of pyridine rings is 2. The zero-order chi connectivity index (χ0) is 26.5. The van der Waals surface area contributed by atoms with Gasteiger partial charge in [-0.2, -0.15) is 0 Å². The number of anilines is 1. The highest BCUT2D eigenvalue weighted by Gasteiger charge is 2.29. The fourth-order valence-electron chi connectivity index (χ4n) is 4.56. The van der Waals surface area contributed by atoms with Crippen LogP contribution < -0.4 is 4.90 Å². The maximum Gasteiger partial charge on any atom is 0.340 e. The number of nitrogens with zero attached hydrogens (tertiary/aromatic N) is 6. The summed E-state index contributed by atoms with van der Waals surface area (Å²) in [5.74, 6) is 0.854. The highest BCUT2D eigenvalue weighted by atomic mass is 32.2. The van der Waals surface area contributed by atoms with E-state index >= 15 is 0 Å². The molecule has 0 saturated heterocycles. The molecule has 0 fully saturated rings. The molecule has 0 unspecified atom stereocenters. The molecule has 5 heterocycles. The van der Waals surface area contributed by atoms with Gasteiger partial charge in [0.2, 0.25) is 0 Å². The average molecular weight is 549 g/mol. The summed E-state index contributed by atoms with van der Waals surface area (Å²) in [6.45, 7) is 1.13. The maximum atomic E-state index is 12.6. The van der Waals surface area contributed by atoms with Crippen LogP contribution in [0.4, 0.5) is 5.82 Å². The van der Waals surface area contributed by atoms with Crippen molar-refractivity contribution in [3.8, 4) is 22.5 Å². The molecule has 38 heavy (non-hydrogen) atoms. The van der Waals surface area contributed by atoms with Gasteiger partial charge in [-0.15, -0.1) is 5.10 Å². The minimum absolute atomic E-state index is 0.215. The smallest absolute Gasteiger partial charge is 0.340 e. The van der Waals surface area contributed by atoms with Crippen molar-refractivity contribution in [2.75, 3.05) is 10.4 Å². The molecule has 0 saturated carbocycles. The maximum absolute atomic E-state index is 12.6. The lowest BCUT2D eigenvalue weighted by atomic mass is 10.1.